The molecule has 4 heteroatoms. The predicted octanol–water partition coefficient (Wildman–Crippen LogP) is 2.50. The number of para-hydroxylation sites is 1. The maximum Gasteiger partial charge on any atom is 0.152 e. The van der Waals surface area contributed by atoms with Crippen molar-refractivity contribution in [2.75, 3.05) is 6.26 Å². The summed E-state index contributed by atoms with van der Waals surface area (Å²) < 4.78 is 1.54. The molecule has 1 heterocycles. The van der Waals surface area contributed by atoms with Gasteiger partial charge in [-0.25, -0.2) is 4.98 Å². The van der Waals surface area contributed by atoms with Crippen LogP contribution in [-0.4, -0.2) is 11.2 Å². The van der Waals surface area contributed by atoms with Gasteiger partial charge in [0, 0.05) is 5.39 Å². The van der Waals surface area contributed by atoms with Crippen LogP contribution in [0.4, 0.5) is 0 Å². The molecule has 0 fully saturated rings. The molecule has 0 atom stereocenters. The monoisotopic (exact) mass is 208 g/mol. The fraction of sp³-hybridized carbons (Fsp3) is 0.111. The lowest BCUT2D eigenvalue weighted by Crippen LogP contribution is -1.97. The minimum Gasteiger partial charge on any atom is -0.290 e. The van der Waals surface area contributed by atoms with Crippen LogP contribution in [-0.2, 0) is 0 Å². The van der Waals surface area contributed by atoms with Crippen LogP contribution in [0, 0.1) is 5.41 Å². The first kappa shape index (κ1) is 8.72. The maximum absolute atomic E-state index is 7.77. The van der Waals surface area contributed by atoms with Crippen LogP contribution in [0.3, 0.4) is 0 Å². The van der Waals surface area contributed by atoms with Gasteiger partial charge in [-0.2, -0.15) is 0 Å². The number of aromatic nitrogens is 1. The first-order valence-corrected chi connectivity index (χ1v) is 5.84. The normalized spacial score (nSPS) is 10.5. The van der Waals surface area contributed by atoms with Crippen LogP contribution in [0.25, 0.3) is 10.9 Å². The van der Waals surface area contributed by atoms with Crippen molar-refractivity contribution in [2.45, 2.75) is 4.34 Å². The van der Waals surface area contributed by atoms with Crippen LogP contribution >= 0.6 is 23.1 Å². The number of hydrogen-bond donors (Lipinski definition) is 1. The van der Waals surface area contributed by atoms with Crippen molar-refractivity contribution in [2.24, 2.45) is 0 Å². The average Bonchev–Trinajstić information content (AvgIpc) is 2.18. The lowest BCUT2D eigenvalue weighted by atomic mass is 10.2. The highest BCUT2D eigenvalue weighted by Gasteiger charge is 1.99. The molecule has 2 aromatic rings. The van der Waals surface area contributed by atoms with Gasteiger partial charge in [0.25, 0.3) is 0 Å². The molecule has 0 aliphatic heterocycles. The number of thioether (sulfide) groups is 1. The molecule has 2 rings (SSSR count). The van der Waals surface area contributed by atoms with E-state index in [2.05, 4.69) is 4.98 Å². The Labute approximate surface area is 84.2 Å². The summed E-state index contributed by atoms with van der Waals surface area (Å²) in [5.41, 5.74) is 0.913. The molecule has 1 aromatic carbocycles. The van der Waals surface area contributed by atoms with Crippen molar-refractivity contribution >= 4 is 34.0 Å². The van der Waals surface area contributed by atoms with Gasteiger partial charge in [-0.15, -0.1) is 0 Å². The Morgan fingerprint density at radius 2 is 2.15 bits per heavy atom. The minimum absolute atomic E-state index is 0.593. The van der Waals surface area contributed by atoms with Gasteiger partial charge in [-0.05, 0) is 18.4 Å². The Bertz CT molecular complexity index is 490. The Kier molecular flexibility index (Phi) is 2.33. The van der Waals surface area contributed by atoms with Gasteiger partial charge >= 0.3 is 0 Å². The first-order chi connectivity index (χ1) is 6.31. The molecule has 0 saturated heterocycles. The highest BCUT2D eigenvalue weighted by molar-refractivity contribution is 8.00. The van der Waals surface area contributed by atoms with Crippen LogP contribution < -0.4 is 4.67 Å². The van der Waals surface area contributed by atoms with Gasteiger partial charge in [0.1, 0.15) is 4.67 Å². The quantitative estimate of drug-likeness (QED) is 0.731. The van der Waals surface area contributed by atoms with Gasteiger partial charge in [-0.3, -0.25) is 5.41 Å². The number of fused-ring (bicyclic) bond motifs is 1. The highest BCUT2D eigenvalue weighted by atomic mass is 32.2. The summed E-state index contributed by atoms with van der Waals surface area (Å²) in [6, 6.07) is 7.77. The number of benzene rings is 1. The third-order valence-corrected chi connectivity index (χ3v) is 3.60. The van der Waals surface area contributed by atoms with Crippen LogP contribution in [0.5, 0.6) is 0 Å². The molecule has 0 aliphatic carbocycles. The molecule has 0 unspecified atom stereocenters. The second kappa shape index (κ2) is 3.47. The average molecular weight is 208 g/mol. The smallest absolute Gasteiger partial charge is 0.152 e. The molecule has 1 aromatic heterocycles. The summed E-state index contributed by atoms with van der Waals surface area (Å²) in [7, 11) is 0. The first-order valence-electron chi connectivity index (χ1n) is 3.80. The predicted molar refractivity (Wildman–Crippen MR) is 57.3 cm³/mol. The van der Waals surface area contributed by atoms with Gasteiger partial charge in [0.15, 0.2) is 4.34 Å². The third-order valence-electron chi connectivity index (χ3n) is 1.72. The van der Waals surface area contributed by atoms with Gasteiger partial charge in [-0.1, -0.05) is 35.2 Å². The van der Waals surface area contributed by atoms with E-state index in [0.29, 0.717) is 4.67 Å². The van der Waals surface area contributed by atoms with Crippen molar-refractivity contribution in [1.82, 2.24) is 4.98 Å². The molecule has 0 amide bonds. The molecule has 0 saturated carbocycles. The van der Waals surface area contributed by atoms with Crippen molar-refractivity contribution < 1.29 is 0 Å². The van der Waals surface area contributed by atoms with E-state index < -0.39 is 0 Å². The van der Waals surface area contributed by atoms with Crippen molar-refractivity contribution in [3.8, 4) is 0 Å². The minimum atomic E-state index is 0.593. The van der Waals surface area contributed by atoms with Crippen molar-refractivity contribution in [3.63, 3.8) is 0 Å². The molecule has 0 aliphatic rings. The van der Waals surface area contributed by atoms with E-state index >= 15 is 0 Å². The van der Waals surface area contributed by atoms with Crippen LogP contribution in [0.2, 0.25) is 0 Å². The summed E-state index contributed by atoms with van der Waals surface area (Å²) in [5.74, 6) is 0. The second-order valence-electron chi connectivity index (χ2n) is 2.53. The molecule has 1 N–H and O–H groups in total. The molecular formula is C9H8N2S2. The van der Waals surface area contributed by atoms with Gasteiger partial charge in [0.05, 0.1) is 5.52 Å². The maximum atomic E-state index is 7.77. The topological polar surface area (TPSA) is 36.7 Å². The van der Waals surface area contributed by atoms with Crippen LogP contribution in [0.1, 0.15) is 0 Å². The summed E-state index contributed by atoms with van der Waals surface area (Å²) in [6.07, 6.45) is 1.98. The van der Waals surface area contributed by atoms with Crippen molar-refractivity contribution in [1.29, 1.82) is 5.41 Å². The Balaban J connectivity index is 2.85. The van der Waals surface area contributed by atoms with E-state index in [9.17, 15) is 0 Å². The summed E-state index contributed by atoms with van der Waals surface area (Å²) in [4.78, 5) is 4.42. The number of nitrogens with zero attached hydrogens (tertiary/aromatic N) is 1. The second-order valence-corrected chi connectivity index (χ2v) is 4.58. The van der Waals surface area contributed by atoms with E-state index in [1.807, 2.05) is 30.5 Å². The molecule has 2 nitrogen and oxygen atoms in total. The third kappa shape index (κ3) is 1.59. The lowest BCUT2D eigenvalue weighted by molar-refractivity contribution is 1.26. The molecule has 0 bridgehead atoms. The summed E-state index contributed by atoms with van der Waals surface area (Å²) in [5, 5.41) is 8.71. The zero-order valence-electron chi connectivity index (χ0n) is 7.07. The van der Waals surface area contributed by atoms with E-state index in [-0.39, 0.29) is 0 Å². The number of rotatable bonds is 1. The highest BCUT2D eigenvalue weighted by Crippen LogP contribution is 2.17. The summed E-state index contributed by atoms with van der Waals surface area (Å²) in [6.45, 7) is 0. The lowest BCUT2D eigenvalue weighted by Gasteiger charge is -1.98. The standard InChI is InChI=1S/C9H8N2S2/c1-12-9-11-7-5-3-2-4-6(7)8(10)13-9/h2-5,10H,1H3. The SMILES string of the molecule is CSc1nc2ccccc2c(=N)s1. The Hall–Kier alpha value is -0.870. The van der Waals surface area contributed by atoms with Crippen molar-refractivity contribution in [3.05, 3.63) is 28.9 Å². The van der Waals surface area contributed by atoms with Crippen LogP contribution in [0.15, 0.2) is 28.6 Å². The van der Waals surface area contributed by atoms with E-state index in [4.69, 9.17) is 5.41 Å². The summed E-state index contributed by atoms with van der Waals surface area (Å²) >= 11 is 3.01. The molecule has 66 valence electrons. The van der Waals surface area contributed by atoms with Gasteiger partial charge < -0.3 is 0 Å². The fourth-order valence-corrected chi connectivity index (χ4v) is 2.49. The zero-order valence-corrected chi connectivity index (χ0v) is 8.71. The molecular weight excluding hydrogens is 200 g/mol. The molecule has 13 heavy (non-hydrogen) atoms. The number of hydrogen-bond acceptors (Lipinski definition) is 4. The Morgan fingerprint density at radius 1 is 1.38 bits per heavy atom. The molecule has 0 spiro atoms. The van der Waals surface area contributed by atoms with E-state index in [1.54, 1.807) is 11.8 Å². The Morgan fingerprint density at radius 3 is 2.92 bits per heavy atom. The van der Waals surface area contributed by atoms with E-state index in [1.165, 1.54) is 11.3 Å². The molecule has 0 radical (unpaired) electrons. The fourth-order valence-electron chi connectivity index (χ4n) is 1.11. The van der Waals surface area contributed by atoms with E-state index in [0.717, 1.165) is 15.2 Å². The number of nitrogens with one attached hydrogen (secondary N) is 1. The largest absolute Gasteiger partial charge is 0.290 e. The zero-order chi connectivity index (χ0) is 9.26. The van der Waals surface area contributed by atoms with Gasteiger partial charge in [0.2, 0.25) is 0 Å².